The molecule has 0 saturated carbocycles. The first-order valence-electron chi connectivity index (χ1n) is 8.71. The molecule has 1 aromatic heterocycles. The summed E-state index contributed by atoms with van der Waals surface area (Å²) in [6.07, 6.45) is 0.0800. The van der Waals surface area contributed by atoms with Gasteiger partial charge in [-0.1, -0.05) is 17.4 Å². The fraction of sp³-hybridized carbons (Fsp3) is 0.250. The number of rotatable bonds is 7. The average Bonchev–Trinajstić information content (AvgIpc) is 3.08. The summed E-state index contributed by atoms with van der Waals surface area (Å²) in [7, 11) is 4.56. The van der Waals surface area contributed by atoms with Gasteiger partial charge in [0.1, 0.15) is 0 Å². The summed E-state index contributed by atoms with van der Waals surface area (Å²) in [5, 5.41) is 6.02. The lowest BCUT2D eigenvalue weighted by molar-refractivity contribution is -0.116. The number of thiazole rings is 1. The van der Waals surface area contributed by atoms with Crippen LogP contribution in [-0.2, 0) is 16.0 Å². The zero-order chi connectivity index (χ0) is 21.0. The molecule has 2 N–H and O–H groups in total. The molecule has 0 aliphatic carbocycles. The lowest BCUT2D eigenvalue weighted by atomic mass is 10.1. The third-order valence-corrected chi connectivity index (χ3v) is 5.03. The van der Waals surface area contributed by atoms with Gasteiger partial charge in [0.2, 0.25) is 17.6 Å². The third-order valence-electron chi connectivity index (χ3n) is 4.09. The van der Waals surface area contributed by atoms with Crippen LogP contribution in [-0.4, -0.2) is 38.1 Å². The largest absolute Gasteiger partial charge is 0.493 e. The van der Waals surface area contributed by atoms with Gasteiger partial charge in [0, 0.05) is 18.2 Å². The molecule has 0 bridgehead atoms. The molecule has 152 valence electrons. The van der Waals surface area contributed by atoms with Crippen molar-refractivity contribution in [2.24, 2.45) is 0 Å². The number of anilines is 2. The van der Waals surface area contributed by atoms with E-state index in [-0.39, 0.29) is 18.2 Å². The molecule has 1 heterocycles. The highest BCUT2D eigenvalue weighted by molar-refractivity contribution is 7.22. The van der Waals surface area contributed by atoms with E-state index in [0.29, 0.717) is 33.6 Å². The molecular formula is C20H21N3O5S. The first-order valence-corrected chi connectivity index (χ1v) is 9.52. The van der Waals surface area contributed by atoms with Gasteiger partial charge in [-0.3, -0.25) is 9.59 Å². The van der Waals surface area contributed by atoms with Gasteiger partial charge in [0.05, 0.1) is 38.0 Å². The van der Waals surface area contributed by atoms with Crippen LogP contribution < -0.4 is 24.8 Å². The molecule has 0 radical (unpaired) electrons. The second kappa shape index (κ2) is 8.78. The van der Waals surface area contributed by atoms with Crippen LogP contribution in [0.3, 0.4) is 0 Å². The van der Waals surface area contributed by atoms with Gasteiger partial charge in [-0.05, 0) is 24.3 Å². The smallest absolute Gasteiger partial charge is 0.230 e. The van der Waals surface area contributed by atoms with E-state index in [4.69, 9.17) is 14.2 Å². The molecule has 0 spiro atoms. The van der Waals surface area contributed by atoms with Crippen LogP contribution in [0.1, 0.15) is 12.5 Å². The van der Waals surface area contributed by atoms with Crippen LogP contribution >= 0.6 is 11.3 Å². The van der Waals surface area contributed by atoms with E-state index in [2.05, 4.69) is 15.6 Å². The number of amides is 2. The van der Waals surface area contributed by atoms with Crippen molar-refractivity contribution in [3.8, 4) is 17.2 Å². The van der Waals surface area contributed by atoms with Gasteiger partial charge in [-0.25, -0.2) is 4.98 Å². The zero-order valence-electron chi connectivity index (χ0n) is 16.5. The maximum absolute atomic E-state index is 12.6. The van der Waals surface area contributed by atoms with Gasteiger partial charge < -0.3 is 24.8 Å². The monoisotopic (exact) mass is 415 g/mol. The van der Waals surface area contributed by atoms with Crippen LogP contribution in [0.4, 0.5) is 10.8 Å². The quantitative estimate of drug-likeness (QED) is 0.613. The number of ether oxygens (including phenoxy) is 3. The van der Waals surface area contributed by atoms with Crippen molar-refractivity contribution in [3.63, 3.8) is 0 Å². The summed E-state index contributed by atoms with van der Waals surface area (Å²) >= 11 is 1.33. The minimum absolute atomic E-state index is 0.0800. The lowest BCUT2D eigenvalue weighted by Gasteiger charge is -2.15. The second-order valence-corrected chi connectivity index (χ2v) is 7.13. The first kappa shape index (κ1) is 20.4. The second-order valence-electron chi connectivity index (χ2n) is 6.10. The Bertz CT molecular complexity index is 1060. The molecule has 29 heavy (non-hydrogen) atoms. The zero-order valence-corrected chi connectivity index (χ0v) is 17.3. The van der Waals surface area contributed by atoms with Crippen molar-refractivity contribution in [2.75, 3.05) is 32.0 Å². The van der Waals surface area contributed by atoms with Gasteiger partial charge in [0.25, 0.3) is 0 Å². The number of carbonyl (C=O) groups excluding carboxylic acids is 2. The highest BCUT2D eigenvalue weighted by atomic mass is 32.1. The summed E-state index contributed by atoms with van der Waals surface area (Å²) in [5.74, 6) is 1.02. The topological polar surface area (TPSA) is 98.8 Å². The number of benzene rings is 2. The van der Waals surface area contributed by atoms with Crippen LogP contribution in [0, 0.1) is 0 Å². The van der Waals surface area contributed by atoms with Gasteiger partial charge in [-0.15, -0.1) is 0 Å². The normalized spacial score (nSPS) is 10.5. The number of nitrogens with zero attached hydrogens (tertiary/aromatic N) is 1. The maximum Gasteiger partial charge on any atom is 0.230 e. The molecule has 0 saturated heterocycles. The van der Waals surface area contributed by atoms with Crippen molar-refractivity contribution >= 4 is 44.2 Å². The van der Waals surface area contributed by atoms with Crippen molar-refractivity contribution < 1.29 is 23.8 Å². The molecule has 0 fully saturated rings. The third kappa shape index (κ3) is 4.57. The molecular weight excluding hydrogens is 394 g/mol. The van der Waals surface area contributed by atoms with Crippen molar-refractivity contribution in [3.05, 3.63) is 35.9 Å². The van der Waals surface area contributed by atoms with Crippen molar-refractivity contribution in [1.29, 1.82) is 0 Å². The van der Waals surface area contributed by atoms with Crippen LogP contribution in [0.25, 0.3) is 10.2 Å². The Kier molecular flexibility index (Phi) is 6.18. The minimum Gasteiger partial charge on any atom is -0.493 e. The average molecular weight is 415 g/mol. The molecule has 0 atom stereocenters. The van der Waals surface area contributed by atoms with Crippen LogP contribution in [0.5, 0.6) is 17.2 Å². The SMILES string of the molecule is COc1ccc(CC(=O)Nc2nc3ccc(NC(C)=O)cc3s2)c(OC)c1OC. The maximum atomic E-state index is 12.6. The van der Waals surface area contributed by atoms with E-state index < -0.39 is 0 Å². The molecule has 0 aliphatic heterocycles. The van der Waals surface area contributed by atoms with Gasteiger partial charge in [0.15, 0.2) is 16.6 Å². The van der Waals surface area contributed by atoms with E-state index in [1.807, 2.05) is 6.07 Å². The first-order chi connectivity index (χ1) is 13.9. The van der Waals surface area contributed by atoms with E-state index in [1.54, 1.807) is 24.3 Å². The van der Waals surface area contributed by atoms with Crippen molar-refractivity contribution in [2.45, 2.75) is 13.3 Å². The van der Waals surface area contributed by atoms with Crippen LogP contribution in [0.2, 0.25) is 0 Å². The highest BCUT2D eigenvalue weighted by Crippen LogP contribution is 2.40. The number of hydrogen-bond acceptors (Lipinski definition) is 7. The summed E-state index contributed by atoms with van der Waals surface area (Å²) < 4.78 is 16.9. The Morgan fingerprint density at radius 2 is 1.76 bits per heavy atom. The number of aromatic nitrogens is 1. The predicted octanol–water partition coefficient (Wildman–Crippen LogP) is 3.46. The molecule has 8 nitrogen and oxygen atoms in total. The molecule has 9 heteroatoms. The Morgan fingerprint density at radius 3 is 2.41 bits per heavy atom. The molecule has 2 amide bonds. The Hall–Kier alpha value is -3.33. The summed E-state index contributed by atoms with van der Waals surface area (Å²) in [4.78, 5) is 28.2. The van der Waals surface area contributed by atoms with E-state index >= 15 is 0 Å². The fourth-order valence-electron chi connectivity index (χ4n) is 2.90. The summed E-state index contributed by atoms with van der Waals surface area (Å²) in [6.45, 7) is 1.45. The lowest BCUT2D eigenvalue weighted by Crippen LogP contribution is -2.15. The van der Waals surface area contributed by atoms with E-state index in [1.165, 1.54) is 39.6 Å². The molecule has 3 rings (SSSR count). The Balaban J connectivity index is 1.78. The Labute approximate surface area is 171 Å². The molecule has 0 unspecified atom stereocenters. The predicted molar refractivity (Wildman–Crippen MR) is 112 cm³/mol. The number of nitrogens with one attached hydrogen (secondary N) is 2. The van der Waals surface area contributed by atoms with Gasteiger partial charge in [-0.2, -0.15) is 0 Å². The fourth-order valence-corrected chi connectivity index (χ4v) is 3.82. The number of hydrogen-bond donors (Lipinski definition) is 2. The summed E-state index contributed by atoms with van der Waals surface area (Å²) in [5.41, 5.74) is 2.08. The molecule has 0 aliphatic rings. The molecule has 2 aromatic carbocycles. The highest BCUT2D eigenvalue weighted by Gasteiger charge is 2.18. The van der Waals surface area contributed by atoms with E-state index in [0.717, 1.165) is 10.2 Å². The number of methoxy groups -OCH3 is 3. The van der Waals surface area contributed by atoms with E-state index in [9.17, 15) is 9.59 Å². The number of carbonyl (C=O) groups is 2. The minimum atomic E-state index is -0.239. The van der Waals surface area contributed by atoms with Gasteiger partial charge >= 0.3 is 0 Å². The molecule has 3 aromatic rings. The van der Waals surface area contributed by atoms with Crippen LogP contribution in [0.15, 0.2) is 30.3 Å². The number of fused-ring (bicyclic) bond motifs is 1. The Morgan fingerprint density at radius 1 is 1.00 bits per heavy atom. The van der Waals surface area contributed by atoms with Crippen molar-refractivity contribution in [1.82, 2.24) is 4.98 Å². The standard InChI is InChI=1S/C20H21N3O5S/c1-11(24)21-13-6-7-14-16(10-13)29-20(22-14)23-17(25)9-12-5-8-15(26-2)19(28-4)18(12)27-3/h5-8,10H,9H2,1-4H3,(H,21,24)(H,22,23,25). The summed E-state index contributed by atoms with van der Waals surface area (Å²) in [6, 6.07) is 8.87.